The number of hydrogen-bond acceptors (Lipinski definition) is 7. The van der Waals surface area contributed by atoms with E-state index in [2.05, 4.69) is 15.3 Å². The maximum Gasteiger partial charge on any atom is 0.270 e. The number of carbonyl (C=O) groups excluding carboxylic acids is 1. The van der Waals surface area contributed by atoms with Crippen molar-refractivity contribution in [1.29, 1.82) is 5.26 Å². The van der Waals surface area contributed by atoms with Crippen LogP contribution in [0.2, 0.25) is 0 Å². The number of H-pyrrole nitrogens is 1. The Morgan fingerprint density at radius 2 is 1.72 bits per heavy atom. The molecule has 0 fully saturated rings. The molecule has 0 spiro atoms. The molecule has 8 nitrogen and oxygen atoms in total. The highest BCUT2D eigenvalue weighted by atomic mass is 32.2. The van der Waals surface area contributed by atoms with Gasteiger partial charge in [0.2, 0.25) is 5.91 Å². The van der Waals surface area contributed by atoms with Crippen molar-refractivity contribution in [2.75, 3.05) is 26.5 Å². The first-order chi connectivity index (χ1) is 15.5. The van der Waals surface area contributed by atoms with Crippen LogP contribution in [0.3, 0.4) is 0 Å². The van der Waals surface area contributed by atoms with Crippen LogP contribution in [-0.4, -0.2) is 42.4 Å². The maximum absolute atomic E-state index is 12.3. The number of amides is 1. The summed E-state index contributed by atoms with van der Waals surface area (Å²) in [6, 6.07) is 16.4. The molecule has 0 saturated heterocycles. The third-order valence-corrected chi connectivity index (χ3v) is 5.48. The van der Waals surface area contributed by atoms with Crippen molar-refractivity contribution >= 4 is 17.7 Å². The van der Waals surface area contributed by atoms with Gasteiger partial charge in [-0.15, -0.1) is 0 Å². The molecule has 1 amide bonds. The molecule has 0 atom stereocenters. The molecule has 3 rings (SSSR count). The highest BCUT2D eigenvalue weighted by Gasteiger charge is 2.14. The van der Waals surface area contributed by atoms with Gasteiger partial charge in [0.1, 0.15) is 23.1 Å². The summed E-state index contributed by atoms with van der Waals surface area (Å²) >= 11 is 1.10. The number of carbonyl (C=O) groups is 1. The fourth-order valence-corrected chi connectivity index (χ4v) is 3.60. The average Bonchev–Trinajstić information content (AvgIpc) is 2.83. The SMILES string of the molecule is COc1ccc(CCNC(=O)CSc2nc(-c3ccc(OC)cc3)c(C#N)c(=O)[nH]2)cc1. The number of rotatable bonds is 9. The number of ether oxygens (including phenoxy) is 2. The molecule has 0 bridgehead atoms. The standard InChI is InChI=1S/C23H22N4O4S/c1-30-17-7-3-15(4-8-17)11-12-25-20(28)14-32-23-26-21(19(13-24)22(29)27-23)16-5-9-18(31-2)10-6-16/h3-10H,11-12,14H2,1-2H3,(H,25,28)(H,26,27,29). The molecule has 2 aromatic carbocycles. The number of aromatic amines is 1. The van der Waals surface area contributed by atoms with E-state index in [1.165, 1.54) is 0 Å². The van der Waals surface area contributed by atoms with Gasteiger partial charge in [-0.1, -0.05) is 23.9 Å². The van der Waals surface area contributed by atoms with E-state index < -0.39 is 5.56 Å². The van der Waals surface area contributed by atoms with Crippen molar-refractivity contribution in [3.63, 3.8) is 0 Å². The predicted molar refractivity (Wildman–Crippen MR) is 122 cm³/mol. The van der Waals surface area contributed by atoms with Crippen molar-refractivity contribution in [2.45, 2.75) is 11.6 Å². The molecule has 0 radical (unpaired) electrons. The normalized spacial score (nSPS) is 10.3. The van der Waals surface area contributed by atoms with Gasteiger partial charge in [0.05, 0.1) is 25.7 Å². The van der Waals surface area contributed by atoms with Crippen molar-refractivity contribution in [1.82, 2.24) is 15.3 Å². The van der Waals surface area contributed by atoms with Crippen LogP contribution in [0.1, 0.15) is 11.1 Å². The number of hydrogen-bond donors (Lipinski definition) is 2. The zero-order valence-electron chi connectivity index (χ0n) is 17.7. The Kier molecular flexibility index (Phi) is 7.89. The van der Waals surface area contributed by atoms with Crippen LogP contribution in [0.25, 0.3) is 11.3 Å². The Bertz CT molecular complexity index is 1170. The van der Waals surface area contributed by atoms with Crippen LogP contribution < -0.4 is 20.3 Å². The number of nitriles is 1. The Hall–Kier alpha value is -3.77. The molecule has 9 heteroatoms. The van der Waals surface area contributed by atoms with E-state index >= 15 is 0 Å². The summed E-state index contributed by atoms with van der Waals surface area (Å²) in [5, 5.41) is 12.5. The van der Waals surface area contributed by atoms with Gasteiger partial charge in [-0.25, -0.2) is 4.98 Å². The second kappa shape index (κ2) is 11.0. The van der Waals surface area contributed by atoms with Crippen LogP contribution in [0.4, 0.5) is 0 Å². The van der Waals surface area contributed by atoms with Gasteiger partial charge in [0.25, 0.3) is 5.56 Å². The predicted octanol–water partition coefficient (Wildman–Crippen LogP) is 2.78. The third kappa shape index (κ3) is 5.89. The second-order valence-corrected chi connectivity index (χ2v) is 7.64. The van der Waals surface area contributed by atoms with Gasteiger partial charge in [-0.3, -0.25) is 9.59 Å². The zero-order valence-corrected chi connectivity index (χ0v) is 18.5. The zero-order chi connectivity index (χ0) is 22.9. The molecule has 164 valence electrons. The maximum atomic E-state index is 12.3. The first kappa shape index (κ1) is 22.9. The van der Waals surface area contributed by atoms with Gasteiger partial charge in [0, 0.05) is 12.1 Å². The molecule has 32 heavy (non-hydrogen) atoms. The molecule has 1 aromatic heterocycles. The lowest BCUT2D eigenvalue weighted by molar-refractivity contribution is -0.118. The largest absolute Gasteiger partial charge is 0.497 e. The number of nitrogens with one attached hydrogen (secondary N) is 2. The summed E-state index contributed by atoms with van der Waals surface area (Å²) in [5.41, 5.74) is 1.33. The fourth-order valence-electron chi connectivity index (χ4n) is 2.91. The smallest absolute Gasteiger partial charge is 0.270 e. The van der Waals surface area contributed by atoms with Gasteiger partial charge < -0.3 is 19.8 Å². The molecule has 0 aliphatic heterocycles. The lowest BCUT2D eigenvalue weighted by Gasteiger charge is -2.08. The Balaban J connectivity index is 1.61. The highest BCUT2D eigenvalue weighted by Crippen LogP contribution is 2.24. The highest BCUT2D eigenvalue weighted by molar-refractivity contribution is 7.99. The lowest BCUT2D eigenvalue weighted by atomic mass is 10.1. The minimum absolute atomic E-state index is 0.0801. The van der Waals surface area contributed by atoms with Gasteiger partial charge in [0.15, 0.2) is 5.16 Å². The van der Waals surface area contributed by atoms with Crippen molar-refractivity contribution in [3.05, 3.63) is 70.0 Å². The lowest BCUT2D eigenvalue weighted by Crippen LogP contribution is -2.27. The molecule has 2 N–H and O–H groups in total. The van der Waals surface area contributed by atoms with Gasteiger partial charge in [-0.2, -0.15) is 5.26 Å². The van der Waals surface area contributed by atoms with E-state index in [0.717, 1.165) is 23.1 Å². The van der Waals surface area contributed by atoms with E-state index in [1.54, 1.807) is 38.5 Å². The van der Waals surface area contributed by atoms with E-state index in [4.69, 9.17) is 9.47 Å². The quantitative estimate of drug-likeness (QED) is 0.380. The van der Waals surface area contributed by atoms with E-state index in [1.807, 2.05) is 30.3 Å². The summed E-state index contributed by atoms with van der Waals surface area (Å²) in [4.78, 5) is 31.5. The summed E-state index contributed by atoms with van der Waals surface area (Å²) in [5.74, 6) is 1.34. The molecular weight excluding hydrogens is 428 g/mol. The van der Waals surface area contributed by atoms with E-state index in [9.17, 15) is 14.9 Å². The number of aromatic nitrogens is 2. The molecule has 0 saturated carbocycles. The van der Waals surface area contributed by atoms with E-state index in [-0.39, 0.29) is 28.1 Å². The second-order valence-electron chi connectivity index (χ2n) is 6.67. The average molecular weight is 451 g/mol. The molecule has 3 aromatic rings. The summed E-state index contributed by atoms with van der Waals surface area (Å²) in [7, 11) is 3.17. The Labute approximate surface area is 189 Å². The molecule has 0 aliphatic carbocycles. The topological polar surface area (TPSA) is 117 Å². The molecular formula is C23H22N4O4S. The monoisotopic (exact) mass is 450 g/mol. The minimum Gasteiger partial charge on any atom is -0.497 e. The number of benzene rings is 2. The molecule has 0 unspecified atom stereocenters. The van der Waals surface area contributed by atoms with Crippen LogP contribution >= 0.6 is 11.8 Å². The van der Waals surface area contributed by atoms with Crippen LogP contribution in [0.5, 0.6) is 11.5 Å². The number of thioether (sulfide) groups is 1. The minimum atomic E-state index is -0.546. The van der Waals surface area contributed by atoms with Crippen LogP contribution in [-0.2, 0) is 11.2 Å². The van der Waals surface area contributed by atoms with Crippen molar-refractivity contribution in [2.24, 2.45) is 0 Å². The Morgan fingerprint density at radius 3 is 2.31 bits per heavy atom. The van der Waals surface area contributed by atoms with Crippen molar-refractivity contribution in [3.8, 4) is 28.8 Å². The fraction of sp³-hybridized carbons (Fsp3) is 0.217. The summed E-state index contributed by atoms with van der Waals surface area (Å²) in [6.45, 7) is 0.486. The van der Waals surface area contributed by atoms with Crippen LogP contribution in [0.15, 0.2) is 58.5 Å². The summed E-state index contributed by atoms with van der Waals surface area (Å²) in [6.07, 6.45) is 0.688. The third-order valence-electron chi connectivity index (χ3n) is 4.61. The molecule has 1 heterocycles. The number of methoxy groups -OCH3 is 2. The van der Waals surface area contributed by atoms with Gasteiger partial charge in [-0.05, 0) is 48.4 Å². The van der Waals surface area contributed by atoms with Gasteiger partial charge >= 0.3 is 0 Å². The number of nitrogens with zero attached hydrogens (tertiary/aromatic N) is 2. The van der Waals surface area contributed by atoms with Crippen molar-refractivity contribution < 1.29 is 14.3 Å². The Morgan fingerprint density at radius 1 is 1.09 bits per heavy atom. The first-order valence-corrected chi connectivity index (χ1v) is 10.7. The summed E-state index contributed by atoms with van der Waals surface area (Å²) < 4.78 is 10.3. The van der Waals surface area contributed by atoms with E-state index in [0.29, 0.717) is 24.3 Å². The molecule has 0 aliphatic rings. The first-order valence-electron chi connectivity index (χ1n) is 9.75. The van der Waals surface area contributed by atoms with Crippen LogP contribution in [0, 0.1) is 11.3 Å².